The third kappa shape index (κ3) is 5.61. The van der Waals surface area contributed by atoms with Gasteiger partial charge in [0.15, 0.2) is 0 Å². The van der Waals surface area contributed by atoms with Gasteiger partial charge in [0.1, 0.15) is 5.82 Å². The molecule has 1 amide bonds. The summed E-state index contributed by atoms with van der Waals surface area (Å²) in [6, 6.07) is 8.03. The number of nitrogens with zero attached hydrogens (tertiary/aromatic N) is 3. The van der Waals surface area contributed by atoms with Gasteiger partial charge >= 0.3 is 0 Å². The number of aryl methyl sites for hydroxylation is 1. The number of carboxylic acid groups (broad SMARTS) is 1. The predicted octanol–water partition coefficient (Wildman–Crippen LogP) is 3.13. The second-order valence-electron chi connectivity index (χ2n) is 9.47. The Labute approximate surface area is 194 Å². The summed E-state index contributed by atoms with van der Waals surface area (Å²) < 4.78 is 13.8. The fraction of sp³-hybridized carbons (Fsp3) is 0.560. The van der Waals surface area contributed by atoms with E-state index in [1.165, 1.54) is 31.7 Å². The van der Waals surface area contributed by atoms with Gasteiger partial charge in [0.25, 0.3) is 6.47 Å². The minimum atomic E-state index is -0.250. The van der Waals surface area contributed by atoms with E-state index in [1.54, 1.807) is 12.3 Å². The van der Waals surface area contributed by atoms with Crippen molar-refractivity contribution in [2.45, 2.75) is 57.0 Å². The molecule has 4 atom stereocenters. The topological polar surface area (TPSA) is 89.5 Å². The van der Waals surface area contributed by atoms with Crippen LogP contribution in [0.15, 0.2) is 36.7 Å². The fourth-order valence-electron chi connectivity index (χ4n) is 6.12. The Hall–Kier alpha value is -2.74. The summed E-state index contributed by atoms with van der Waals surface area (Å²) in [4.78, 5) is 26.2. The Morgan fingerprint density at radius 2 is 2.06 bits per heavy atom. The number of nitrogens with one attached hydrogen (secondary N) is 1. The molecule has 0 radical (unpaired) electrons. The number of hydrogen-bond acceptors (Lipinski definition) is 4. The molecule has 3 aliphatic heterocycles. The number of aromatic amines is 1. The van der Waals surface area contributed by atoms with Crippen molar-refractivity contribution >= 4 is 12.4 Å². The summed E-state index contributed by atoms with van der Waals surface area (Å²) >= 11 is 0. The largest absolute Gasteiger partial charge is 0.483 e. The van der Waals surface area contributed by atoms with Crippen LogP contribution in [0.1, 0.15) is 43.2 Å². The predicted molar refractivity (Wildman–Crippen MR) is 122 cm³/mol. The van der Waals surface area contributed by atoms with Crippen molar-refractivity contribution in [1.29, 1.82) is 0 Å². The molecule has 0 spiro atoms. The van der Waals surface area contributed by atoms with E-state index in [-0.39, 0.29) is 18.2 Å². The van der Waals surface area contributed by atoms with Gasteiger partial charge in [-0.05, 0) is 73.7 Å². The summed E-state index contributed by atoms with van der Waals surface area (Å²) in [6.45, 7) is 2.63. The average Bonchev–Trinajstić information content (AvgIpc) is 3.34. The van der Waals surface area contributed by atoms with Crippen molar-refractivity contribution in [3.8, 4) is 0 Å². The summed E-state index contributed by atoms with van der Waals surface area (Å²) in [6.07, 6.45) is 10.8. The molecule has 7 nitrogen and oxygen atoms in total. The lowest BCUT2D eigenvalue weighted by atomic mass is 9.71. The summed E-state index contributed by atoms with van der Waals surface area (Å²) in [5, 5.41) is 13.7. The number of benzene rings is 1. The number of H-pyrrole nitrogens is 1. The first kappa shape index (κ1) is 23.4. The zero-order valence-corrected chi connectivity index (χ0v) is 18.9. The first-order chi connectivity index (χ1) is 16.1. The third-order valence-corrected chi connectivity index (χ3v) is 7.49. The van der Waals surface area contributed by atoms with Gasteiger partial charge in [-0.3, -0.25) is 19.6 Å². The molecule has 3 aliphatic rings. The van der Waals surface area contributed by atoms with Crippen molar-refractivity contribution in [3.63, 3.8) is 0 Å². The highest BCUT2D eigenvalue weighted by Crippen LogP contribution is 2.42. The highest BCUT2D eigenvalue weighted by Gasteiger charge is 2.47. The van der Waals surface area contributed by atoms with Crippen LogP contribution >= 0.6 is 0 Å². The lowest BCUT2D eigenvalue weighted by Gasteiger charge is -2.57. The molecule has 2 bridgehead atoms. The van der Waals surface area contributed by atoms with Crippen LogP contribution in [-0.4, -0.2) is 69.2 Å². The van der Waals surface area contributed by atoms with Gasteiger partial charge in [0, 0.05) is 37.8 Å². The second kappa shape index (κ2) is 10.9. The number of likely N-dealkylation sites (tertiary alicyclic amines) is 1. The Kier molecular flexibility index (Phi) is 7.75. The van der Waals surface area contributed by atoms with E-state index in [0.717, 1.165) is 43.6 Å². The van der Waals surface area contributed by atoms with E-state index in [0.29, 0.717) is 30.3 Å². The smallest absolute Gasteiger partial charge is 0.290 e. The maximum Gasteiger partial charge on any atom is 0.290 e. The van der Waals surface area contributed by atoms with Gasteiger partial charge in [-0.1, -0.05) is 18.6 Å². The molecule has 2 N–H and O–H groups in total. The molecule has 5 rings (SSSR count). The first-order valence-electron chi connectivity index (χ1n) is 11.9. The molecule has 0 aliphatic carbocycles. The molecule has 3 saturated heterocycles. The molecular weight excluding hydrogens is 423 g/mol. The number of hydrogen-bond donors (Lipinski definition) is 2. The Bertz CT molecular complexity index is 922. The molecule has 1 aromatic carbocycles. The zero-order valence-electron chi connectivity index (χ0n) is 18.9. The molecule has 3 fully saturated rings. The van der Waals surface area contributed by atoms with Crippen molar-refractivity contribution in [2.24, 2.45) is 11.8 Å². The number of piperidine rings is 3. The number of halogens is 1. The molecule has 0 saturated carbocycles. The molecule has 1 aromatic heterocycles. The second-order valence-corrected chi connectivity index (χ2v) is 9.47. The van der Waals surface area contributed by atoms with Crippen molar-refractivity contribution < 1.29 is 19.1 Å². The number of carbonyl (C=O) groups excluding carboxylic acids is 1. The lowest BCUT2D eigenvalue weighted by Crippen LogP contribution is -2.64. The number of amides is 1. The number of aromatic nitrogens is 2. The van der Waals surface area contributed by atoms with Gasteiger partial charge in [-0.2, -0.15) is 5.10 Å². The van der Waals surface area contributed by atoms with Gasteiger partial charge in [0.2, 0.25) is 5.91 Å². The van der Waals surface area contributed by atoms with Crippen LogP contribution in [-0.2, 0) is 22.4 Å². The van der Waals surface area contributed by atoms with E-state index in [9.17, 15) is 9.18 Å². The highest BCUT2D eigenvalue weighted by atomic mass is 19.1. The fourth-order valence-corrected chi connectivity index (χ4v) is 6.12. The van der Waals surface area contributed by atoms with Crippen molar-refractivity contribution in [1.82, 2.24) is 20.0 Å². The minimum Gasteiger partial charge on any atom is -0.483 e. The SMILES string of the molecule is O=C(CCc1cn[nH]c1)N1C[C@H]2C[C@@H](C1)[C@H](Cc1cccc(F)c1)N1CCCC[C@@H]21.O=CO. The monoisotopic (exact) mass is 456 g/mol. The summed E-state index contributed by atoms with van der Waals surface area (Å²) in [5.41, 5.74) is 2.16. The van der Waals surface area contributed by atoms with Gasteiger partial charge in [-0.25, -0.2) is 4.39 Å². The highest BCUT2D eigenvalue weighted by molar-refractivity contribution is 5.76. The molecule has 4 heterocycles. The van der Waals surface area contributed by atoms with Crippen LogP contribution in [0.5, 0.6) is 0 Å². The average molecular weight is 457 g/mol. The number of rotatable bonds is 5. The molecule has 0 unspecified atom stereocenters. The first-order valence-corrected chi connectivity index (χ1v) is 11.9. The van der Waals surface area contributed by atoms with Crippen molar-refractivity contribution in [3.05, 3.63) is 53.6 Å². The quantitative estimate of drug-likeness (QED) is 0.675. The number of carbonyl (C=O) groups is 2. The van der Waals surface area contributed by atoms with Gasteiger partial charge < -0.3 is 10.0 Å². The van der Waals surface area contributed by atoms with Crippen LogP contribution in [0.3, 0.4) is 0 Å². The van der Waals surface area contributed by atoms with Gasteiger partial charge in [-0.15, -0.1) is 0 Å². The van der Waals surface area contributed by atoms with Crippen molar-refractivity contribution in [2.75, 3.05) is 19.6 Å². The molecule has 178 valence electrons. The Morgan fingerprint density at radius 3 is 2.82 bits per heavy atom. The molecule has 33 heavy (non-hydrogen) atoms. The van der Waals surface area contributed by atoms with E-state index >= 15 is 0 Å². The summed E-state index contributed by atoms with van der Waals surface area (Å²) in [7, 11) is 0. The van der Waals surface area contributed by atoms with E-state index in [2.05, 4.69) is 20.0 Å². The molecular formula is C25H33FN4O3. The minimum absolute atomic E-state index is 0.156. The third-order valence-electron chi connectivity index (χ3n) is 7.49. The molecule has 2 aromatic rings. The standard InChI is InChI=1S/C24H31FN4O.CH2O2/c25-21-5-3-4-17(10-21)11-23-20-12-19(22-6-1-2-9-29(22)23)15-28(16-20)24(30)8-7-18-13-26-27-14-18;2-1-3/h3-5,10,13-14,19-20,22-23H,1-2,6-9,11-12,15-16H2,(H,26,27);1H,(H,2,3)/t19-,20+,22+,23+;/m1./s1. The zero-order chi connectivity index (χ0) is 23.2. The summed E-state index contributed by atoms with van der Waals surface area (Å²) in [5.74, 6) is 1.15. The van der Waals surface area contributed by atoms with Gasteiger partial charge in [0.05, 0.1) is 6.20 Å². The van der Waals surface area contributed by atoms with Crippen LogP contribution in [0.25, 0.3) is 0 Å². The van der Waals surface area contributed by atoms with E-state index < -0.39 is 0 Å². The van der Waals surface area contributed by atoms with Crippen LogP contribution in [0.2, 0.25) is 0 Å². The lowest BCUT2D eigenvalue weighted by molar-refractivity contribution is -0.140. The van der Waals surface area contributed by atoms with E-state index in [1.807, 2.05) is 18.3 Å². The molecule has 8 heteroatoms. The maximum atomic E-state index is 13.8. The normalized spacial score (nSPS) is 26.6. The van der Waals surface area contributed by atoms with Crippen LogP contribution in [0.4, 0.5) is 4.39 Å². The maximum absolute atomic E-state index is 13.8. The Balaban J connectivity index is 0.000000821. The Morgan fingerprint density at radius 1 is 1.24 bits per heavy atom. The van der Waals surface area contributed by atoms with Crippen LogP contribution in [0, 0.1) is 17.7 Å². The van der Waals surface area contributed by atoms with Crippen LogP contribution < -0.4 is 0 Å². The van der Waals surface area contributed by atoms with E-state index in [4.69, 9.17) is 9.90 Å². The number of fused-ring (bicyclic) bond motifs is 4.